The molecule has 0 bridgehead atoms. The van der Waals surface area contributed by atoms with Crippen LogP contribution >= 0.6 is 0 Å². The third kappa shape index (κ3) is 1.56. The van der Waals surface area contributed by atoms with Gasteiger partial charge in [0.2, 0.25) is 0 Å². The second-order valence-corrected chi connectivity index (χ2v) is 3.22. The summed E-state index contributed by atoms with van der Waals surface area (Å²) < 4.78 is 0. The average Bonchev–Trinajstić information content (AvgIpc) is 2.87. The highest BCUT2D eigenvalue weighted by molar-refractivity contribution is 5.39. The second-order valence-electron chi connectivity index (χ2n) is 3.22. The highest BCUT2D eigenvalue weighted by Crippen LogP contribution is 2.16. The van der Waals surface area contributed by atoms with Gasteiger partial charge in [0.15, 0.2) is 0 Å². The first kappa shape index (κ1) is 9.01. The van der Waals surface area contributed by atoms with Gasteiger partial charge >= 0.3 is 0 Å². The van der Waals surface area contributed by atoms with Crippen molar-refractivity contribution in [3.63, 3.8) is 0 Å². The minimum absolute atomic E-state index is 0.427. The summed E-state index contributed by atoms with van der Waals surface area (Å²) in [5, 5.41) is 9.87. The summed E-state index contributed by atoms with van der Waals surface area (Å²) in [4.78, 5) is 0. The SMILES string of the molecule is N[C@@H](C1=C=CC=C1)[C@H](O)C1=C=CC=C1. The van der Waals surface area contributed by atoms with Crippen molar-refractivity contribution in [3.05, 3.63) is 59.1 Å². The number of nitrogens with two attached hydrogens (primary N) is 1. The number of aliphatic hydroxyl groups is 1. The maximum atomic E-state index is 9.87. The summed E-state index contributed by atoms with van der Waals surface area (Å²) in [5.41, 5.74) is 13.3. The van der Waals surface area contributed by atoms with Gasteiger partial charge in [-0.1, -0.05) is 12.2 Å². The van der Waals surface area contributed by atoms with E-state index < -0.39 is 12.1 Å². The largest absolute Gasteiger partial charge is 0.386 e. The molecule has 0 aromatic carbocycles. The van der Waals surface area contributed by atoms with E-state index >= 15 is 0 Å². The Labute approximate surface area is 82.7 Å². The Kier molecular flexibility index (Phi) is 2.36. The van der Waals surface area contributed by atoms with Gasteiger partial charge in [0, 0.05) is 11.1 Å². The second kappa shape index (κ2) is 3.67. The molecule has 0 aliphatic heterocycles. The van der Waals surface area contributed by atoms with Gasteiger partial charge in [0.1, 0.15) is 6.10 Å². The first-order valence-corrected chi connectivity index (χ1v) is 4.49. The van der Waals surface area contributed by atoms with Crippen molar-refractivity contribution in [2.45, 2.75) is 12.1 Å². The van der Waals surface area contributed by atoms with Gasteiger partial charge in [-0.3, -0.25) is 0 Å². The molecule has 2 nitrogen and oxygen atoms in total. The molecular weight excluding hydrogens is 174 g/mol. The lowest BCUT2D eigenvalue weighted by atomic mass is 9.98. The van der Waals surface area contributed by atoms with E-state index in [0.717, 1.165) is 11.1 Å². The number of rotatable bonds is 3. The molecular formula is C12H11NO. The molecule has 0 saturated carbocycles. The van der Waals surface area contributed by atoms with Crippen molar-refractivity contribution < 1.29 is 5.11 Å². The molecule has 2 aliphatic carbocycles. The van der Waals surface area contributed by atoms with Crippen molar-refractivity contribution in [3.8, 4) is 0 Å². The number of hydrogen-bond donors (Lipinski definition) is 2. The topological polar surface area (TPSA) is 46.2 Å². The first-order valence-electron chi connectivity index (χ1n) is 4.49. The van der Waals surface area contributed by atoms with E-state index in [1.165, 1.54) is 0 Å². The fourth-order valence-electron chi connectivity index (χ4n) is 1.44. The predicted molar refractivity (Wildman–Crippen MR) is 55.5 cm³/mol. The fraction of sp³-hybridized carbons (Fsp3) is 0.167. The quantitative estimate of drug-likeness (QED) is 0.644. The monoisotopic (exact) mass is 185 g/mol. The molecule has 0 unspecified atom stereocenters. The molecule has 2 atom stereocenters. The van der Waals surface area contributed by atoms with Crippen LogP contribution in [0.2, 0.25) is 0 Å². The van der Waals surface area contributed by atoms with Gasteiger partial charge in [-0.25, -0.2) is 0 Å². The van der Waals surface area contributed by atoms with Crippen LogP contribution in [0.3, 0.4) is 0 Å². The predicted octanol–water partition coefficient (Wildman–Crippen LogP) is 0.977. The summed E-state index contributed by atoms with van der Waals surface area (Å²) in [5.74, 6) is 0. The van der Waals surface area contributed by atoms with Crippen LogP contribution in [0.5, 0.6) is 0 Å². The van der Waals surface area contributed by atoms with E-state index in [2.05, 4.69) is 11.5 Å². The molecule has 70 valence electrons. The molecule has 0 spiro atoms. The van der Waals surface area contributed by atoms with Crippen LogP contribution in [0.25, 0.3) is 0 Å². The third-order valence-corrected chi connectivity index (χ3v) is 2.26. The molecule has 2 aliphatic rings. The van der Waals surface area contributed by atoms with E-state index in [1.807, 2.05) is 24.3 Å². The lowest BCUT2D eigenvalue weighted by Gasteiger charge is -2.17. The zero-order chi connectivity index (χ0) is 9.97. The Morgan fingerprint density at radius 1 is 1.07 bits per heavy atom. The van der Waals surface area contributed by atoms with Crippen LogP contribution in [-0.2, 0) is 0 Å². The molecule has 14 heavy (non-hydrogen) atoms. The summed E-state index contributed by atoms with van der Waals surface area (Å²) in [6.07, 6.45) is 10.2. The van der Waals surface area contributed by atoms with E-state index in [9.17, 15) is 5.11 Å². The van der Waals surface area contributed by atoms with Gasteiger partial charge < -0.3 is 10.8 Å². The van der Waals surface area contributed by atoms with Crippen molar-refractivity contribution in [1.29, 1.82) is 0 Å². The van der Waals surface area contributed by atoms with Gasteiger partial charge in [0.25, 0.3) is 0 Å². The fourth-order valence-corrected chi connectivity index (χ4v) is 1.44. The summed E-state index contributed by atoms with van der Waals surface area (Å²) in [6, 6.07) is -0.427. The lowest BCUT2D eigenvalue weighted by Crippen LogP contribution is -2.36. The van der Waals surface area contributed by atoms with Crippen molar-refractivity contribution >= 4 is 0 Å². The Morgan fingerprint density at radius 2 is 1.64 bits per heavy atom. The highest BCUT2D eigenvalue weighted by Gasteiger charge is 2.21. The zero-order valence-corrected chi connectivity index (χ0v) is 7.64. The Bertz CT molecular complexity index is 385. The number of aliphatic hydroxyl groups excluding tert-OH is 1. The van der Waals surface area contributed by atoms with Crippen LogP contribution in [-0.4, -0.2) is 17.3 Å². The molecule has 3 N–H and O–H groups in total. The molecule has 0 amide bonds. The van der Waals surface area contributed by atoms with Gasteiger partial charge in [-0.05, 0) is 24.3 Å². The average molecular weight is 185 g/mol. The molecule has 0 fully saturated rings. The van der Waals surface area contributed by atoms with Crippen LogP contribution in [0.4, 0.5) is 0 Å². The third-order valence-electron chi connectivity index (χ3n) is 2.26. The van der Waals surface area contributed by atoms with Crippen molar-refractivity contribution in [2.75, 3.05) is 0 Å². The Hall–Kier alpha value is -1.56. The normalized spacial score (nSPS) is 21.3. The van der Waals surface area contributed by atoms with Gasteiger partial charge in [-0.2, -0.15) is 0 Å². The molecule has 0 saturated heterocycles. The minimum atomic E-state index is -0.705. The summed E-state index contributed by atoms with van der Waals surface area (Å²) >= 11 is 0. The molecule has 0 aromatic heterocycles. The van der Waals surface area contributed by atoms with Crippen molar-refractivity contribution in [2.24, 2.45) is 5.73 Å². The van der Waals surface area contributed by atoms with Crippen LogP contribution in [0, 0.1) is 0 Å². The Morgan fingerprint density at radius 3 is 2.14 bits per heavy atom. The minimum Gasteiger partial charge on any atom is -0.386 e. The molecule has 2 heteroatoms. The van der Waals surface area contributed by atoms with Crippen LogP contribution < -0.4 is 5.73 Å². The smallest absolute Gasteiger partial charge is 0.106 e. The Balaban J connectivity index is 2.16. The van der Waals surface area contributed by atoms with E-state index in [-0.39, 0.29) is 0 Å². The molecule has 2 rings (SSSR count). The van der Waals surface area contributed by atoms with Crippen LogP contribution in [0.1, 0.15) is 0 Å². The van der Waals surface area contributed by atoms with Crippen molar-refractivity contribution in [1.82, 2.24) is 0 Å². The number of hydrogen-bond acceptors (Lipinski definition) is 2. The zero-order valence-electron chi connectivity index (χ0n) is 7.64. The van der Waals surface area contributed by atoms with Gasteiger partial charge in [0.05, 0.1) is 6.04 Å². The van der Waals surface area contributed by atoms with Crippen LogP contribution in [0.15, 0.2) is 59.1 Å². The first-order chi connectivity index (χ1) is 6.79. The van der Waals surface area contributed by atoms with E-state index in [4.69, 9.17) is 5.73 Å². The summed E-state index contributed by atoms with van der Waals surface area (Å²) in [6.45, 7) is 0. The lowest BCUT2D eigenvalue weighted by molar-refractivity contribution is 0.197. The maximum absolute atomic E-state index is 9.87. The summed E-state index contributed by atoms with van der Waals surface area (Å²) in [7, 11) is 0. The van der Waals surface area contributed by atoms with E-state index in [0.29, 0.717) is 0 Å². The van der Waals surface area contributed by atoms with Gasteiger partial charge in [-0.15, -0.1) is 11.5 Å². The maximum Gasteiger partial charge on any atom is 0.106 e. The highest BCUT2D eigenvalue weighted by atomic mass is 16.3. The molecule has 0 heterocycles. The molecule has 0 aromatic rings. The number of allylic oxidation sites excluding steroid dienone is 2. The molecule has 0 radical (unpaired) electrons. The standard InChI is InChI=1S/C12H11NO/c13-11(9-5-1-2-6-9)12(14)10-7-3-4-8-10/h1-5,7,11-12,14H,13H2/t11-,12+/m0/s1. The van der Waals surface area contributed by atoms with E-state index in [1.54, 1.807) is 12.2 Å².